The molecule has 0 radical (unpaired) electrons. The molecule has 1 unspecified atom stereocenters. The molecular formula is C12H15N3OS. The summed E-state index contributed by atoms with van der Waals surface area (Å²) in [5, 5.41) is 3.44. The number of nitrogens with one attached hydrogen (secondary N) is 1. The molecule has 0 aromatic carbocycles. The van der Waals surface area contributed by atoms with E-state index in [1.54, 1.807) is 6.20 Å². The van der Waals surface area contributed by atoms with Gasteiger partial charge in [-0.3, -0.25) is 4.79 Å². The van der Waals surface area contributed by atoms with E-state index in [0.717, 1.165) is 4.88 Å². The third kappa shape index (κ3) is 3.29. The molecule has 1 amide bonds. The molecule has 1 aromatic rings. The van der Waals surface area contributed by atoms with Crippen molar-refractivity contribution in [1.29, 1.82) is 0 Å². The van der Waals surface area contributed by atoms with Crippen molar-refractivity contribution in [2.45, 2.75) is 19.8 Å². The minimum atomic E-state index is 0.0557. The van der Waals surface area contributed by atoms with E-state index in [0.29, 0.717) is 17.6 Å². The van der Waals surface area contributed by atoms with Crippen molar-refractivity contribution >= 4 is 22.4 Å². The van der Waals surface area contributed by atoms with Crippen LogP contribution in [0.2, 0.25) is 0 Å². The maximum absolute atomic E-state index is 11.8. The number of thiazole rings is 1. The molecule has 90 valence electrons. The zero-order chi connectivity index (χ0) is 12.3. The van der Waals surface area contributed by atoms with Crippen LogP contribution in [0.1, 0.15) is 24.6 Å². The van der Waals surface area contributed by atoms with Gasteiger partial charge in [-0.25, -0.2) is 4.98 Å². The molecular weight excluding hydrogens is 234 g/mol. The molecule has 1 fully saturated rings. The van der Waals surface area contributed by atoms with Crippen molar-refractivity contribution in [3.05, 3.63) is 11.1 Å². The van der Waals surface area contributed by atoms with Gasteiger partial charge in [0.05, 0.1) is 17.6 Å². The van der Waals surface area contributed by atoms with Crippen LogP contribution in [0, 0.1) is 23.7 Å². The molecule has 3 N–H and O–H groups in total. The van der Waals surface area contributed by atoms with Crippen LogP contribution in [-0.4, -0.2) is 17.4 Å². The molecule has 2 rings (SSSR count). The van der Waals surface area contributed by atoms with Gasteiger partial charge in [0, 0.05) is 5.92 Å². The van der Waals surface area contributed by atoms with Crippen LogP contribution in [0.15, 0.2) is 6.20 Å². The first-order valence-electron chi connectivity index (χ1n) is 5.66. The fourth-order valence-electron chi connectivity index (χ4n) is 1.56. The second-order valence-corrected chi connectivity index (χ2v) is 5.18. The smallest absolute Gasteiger partial charge is 0.229 e. The highest BCUT2D eigenvalue weighted by atomic mass is 32.1. The van der Waals surface area contributed by atoms with Gasteiger partial charge in [0.15, 0.2) is 5.13 Å². The Kier molecular flexibility index (Phi) is 3.77. The van der Waals surface area contributed by atoms with E-state index in [1.807, 2.05) is 6.92 Å². The number of anilines is 1. The Labute approximate surface area is 105 Å². The largest absolute Gasteiger partial charge is 0.320 e. The standard InChI is InChI=1S/C12H15N3OS/c1-8(9-4-5-9)11(16)15-12-14-7-10(17-12)3-2-6-13/h7-9H,4-6,13H2,1H3,(H,14,15,16). The summed E-state index contributed by atoms with van der Waals surface area (Å²) < 4.78 is 0. The van der Waals surface area contributed by atoms with Crippen LogP contribution in [0.4, 0.5) is 5.13 Å². The number of nitrogens with two attached hydrogens (primary N) is 1. The van der Waals surface area contributed by atoms with Crippen LogP contribution < -0.4 is 11.1 Å². The predicted octanol–water partition coefficient (Wildman–Crippen LogP) is 1.44. The van der Waals surface area contributed by atoms with Gasteiger partial charge in [0.2, 0.25) is 5.91 Å². The molecule has 1 aliphatic carbocycles. The predicted molar refractivity (Wildman–Crippen MR) is 68.6 cm³/mol. The van der Waals surface area contributed by atoms with E-state index in [-0.39, 0.29) is 11.8 Å². The highest BCUT2D eigenvalue weighted by molar-refractivity contribution is 7.16. The lowest BCUT2D eigenvalue weighted by atomic mass is 10.1. The molecule has 1 heterocycles. The second-order valence-electron chi connectivity index (χ2n) is 4.15. The third-order valence-corrected chi connectivity index (χ3v) is 3.62. The normalized spacial score (nSPS) is 15.9. The average molecular weight is 249 g/mol. The van der Waals surface area contributed by atoms with E-state index in [9.17, 15) is 4.79 Å². The quantitative estimate of drug-likeness (QED) is 0.796. The summed E-state index contributed by atoms with van der Waals surface area (Å²) in [7, 11) is 0. The molecule has 1 saturated carbocycles. The SMILES string of the molecule is CC(C(=O)Nc1ncc(C#CCN)s1)C1CC1. The zero-order valence-corrected chi connectivity index (χ0v) is 10.5. The lowest BCUT2D eigenvalue weighted by Crippen LogP contribution is -2.21. The molecule has 1 aromatic heterocycles. The molecule has 17 heavy (non-hydrogen) atoms. The van der Waals surface area contributed by atoms with Gasteiger partial charge in [0.1, 0.15) is 0 Å². The summed E-state index contributed by atoms with van der Waals surface area (Å²) in [6, 6.07) is 0. The molecule has 0 bridgehead atoms. The van der Waals surface area contributed by atoms with Gasteiger partial charge in [-0.1, -0.05) is 30.1 Å². The summed E-state index contributed by atoms with van der Waals surface area (Å²) in [6.45, 7) is 2.30. The molecule has 0 saturated heterocycles. The summed E-state index contributed by atoms with van der Waals surface area (Å²) >= 11 is 1.38. The molecule has 5 heteroatoms. The summed E-state index contributed by atoms with van der Waals surface area (Å²) in [4.78, 5) is 16.8. The molecule has 1 atom stereocenters. The minimum absolute atomic E-state index is 0.0557. The number of rotatable bonds is 3. The van der Waals surface area contributed by atoms with E-state index in [2.05, 4.69) is 22.1 Å². The minimum Gasteiger partial charge on any atom is -0.320 e. The summed E-state index contributed by atoms with van der Waals surface area (Å²) in [5.41, 5.74) is 5.28. The molecule has 4 nitrogen and oxygen atoms in total. The Morgan fingerprint density at radius 3 is 3.18 bits per heavy atom. The van der Waals surface area contributed by atoms with E-state index < -0.39 is 0 Å². The Bertz CT molecular complexity index is 468. The van der Waals surface area contributed by atoms with Gasteiger partial charge in [-0.05, 0) is 18.8 Å². The first-order valence-corrected chi connectivity index (χ1v) is 6.48. The Morgan fingerprint density at radius 2 is 2.53 bits per heavy atom. The Hall–Kier alpha value is -1.38. The number of carbonyl (C=O) groups is 1. The van der Waals surface area contributed by atoms with Gasteiger partial charge in [-0.2, -0.15) is 0 Å². The topological polar surface area (TPSA) is 68.0 Å². The van der Waals surface area contributed by atoms with E-state index in [4.69, 9.17) is 5.73 Å². The highest BCUT2D eigenvalue weighted by Crippen LogP contribution is 2.37. The van der Waals surface area contributed by atoms with Gasteiger partial charge >= 0.3 is 0 Å². The average Bonchev–Trinajstić information content (AvgIpc) is 3.08. The number of hydrogen-bond donors (Lipinski definition) is 2. The van der Waals surface area contributed by atoms with Crippen LogP contribution in [0.3, 0.4) is 0 Å². The van der Waals surface area contributed by atoms with Crippen LogP contribution >= 0.6 is 11.3 Å². The van der Waals surface area contributed by atoms with Crippen molar-refractivity contribution in [2.24, 2.45) is 17.6 Å². The van der Waals surface area contributed by atoms with Crippen molar-refractivity contribution < 1.29 is 4.79 Å². The highest BCUT2D eigenvalue weighted by Gasteiger charge is 2.32. The maximum atomic E-state index is 11.8. The number of hydrogen-bond acceptors (Lipinski definition) is 4. The second kappa shape index (κ2) is 5.30. The lowest BCUT2D eigenvalue weighted by Gasteiger charge is -2.08. The van der Waals surface area contributed by atoms with Crippen molar-refractivity contribution in [3.63, 3.8) is 0 Å². The van der Waals surface area contributed by atoms with Crippen molar-refractivity contribution in [2.75, 3.05) is 11.9 Å². The van der Waals surface area contributed by atoms with E-state index >= 15 is 0 Å². The number of aromatic nitrogens is 1. The van der Waals surface area contributed by atoms with Gasteiger partial charge in [0.25, 0.3) is 0 Å². The first-order chi connectivity index (χ1) is 8.20. The summed E-state index contributed by atoms with van der Waals surface area (Å²) in [6.07, 6.45) is 3.99. The van der Waals surface area contributed by atoms with E-state index in [1.165, 1.54) is 24.2 Å². The molecule has 1 aliphatic rings. The monoisotopic (exact) mass is 249 g/mol. The van der Waals surface area contributed by atoms with Gasteiger partial charge < -0.3 is 11.1 Å². The van der Waals surface area contributed by atoms with Crippen molar-refractivity contribution in [1.82, 2.24) is 4.98 Å². The number of amides is 1. The zero-order valence-electron chi connectivity index (χ0n) is 9.69. The van der Waals surface area contributed by atoms with Gasteiger partial charge in [-0.15, -0.1) is 0 Å². The molecule has 0 aliphatic heterocycles. The van der Waals surface area contributed by atoms with Crippen LogP contribution in [0.25, 0.3) is 0 Å². The third-order valence-electron chi connectivity index (χ3n) is 2.79. The summed E-state index contributed by atoms with van der Waals surface area (Å²) in [5.74, 6) is 6.35. The fourth-order valence-corrected chi connectivity index (χ4v) is 2.25. The fraction of sp³-hybridized carbons (Fsp3) is 0.500. The van der Waals surface area contributed by atoms with Crippen LogP contribution in [-0.2, 0) is 4.79 Å². The number of nitrogens with zero attached hydrogens (tertiary/aromatic N) is 1. The Balaban J connectivity index is 1.94. The maximum Gasteiger partial charge on any atom is 0.229 e. The Morgan fingerprint density at radius 1 is 1.76 bits per heavy atom. The number of carbonyl (C=O) groups excluding carboxylic acids is 1. The molecule has 0 spiro atoms. The first kappa shape index (κ1) is 12.1. The lowest BCUT2D eigenvalue weighted by molar-refractivity contribution is -0.119. The van der Waals surface area contributed by atoms with Crippen molar-refractivity contribution in [3.8, 4) is 11.8 Å². The van der Waals surface area contributed by atoms with Crippen LogP contribution in [0.5, 0.6) is 0 Å².